The number of hydrogen-bond donors (Lipinski definition) is 2. The standard InChI is InChI=1S/C16H18Cl2N4O.HI/c1-10-3-4-13(7-11(10)2)22-16(19)20-5-6-23-15-14(18)8-12(17)9-21-15;/h3-4,7-9H,5-6H2,1-2H3,(H3,19,20,22);1H. The van der Waals surface area contributed by atoms with Gasteiger partial charge in [-0.3, -0.25) is 0 Å². The Morgan fingerprint density at radius 1 is 1.25 bits per heavy atom. The topological polar surface area (TPSA) is 72.5 Å². The number of pyridine rings is 1. The van der Waals surface area contributed by atoms with Gasteiger partial charge in [-0.2, -0.15) is 0 Å². The lowest BCUT2D eigenvalue weighted by Gasteiger charge is -2.08. The highest BCUT2D eigenvalue weighted by Gasteiger charge is 2.03. The summed E-state index contributed by atoms with van der Waals surface area (Å²) < 4.78 is 5.44. The molecule has 3 N–H and O–H groups in total. The maximum absolute atomic E-state index is 5.96. The van der Waals surface area contributed by atoms with Gasteiger partial charge in [0.15, 0.2) is 5.96 Å². The van der Waals surface area contributed by atoms with Gasteiger partial charge in [0.2, 0.25) is 5.88 Å². The largest absolute Gasteiger partial charge is 0.475 e. The SMILES string of the molecule is Cc1ccc(NC(N)=NCCOc2ncc(Cl)cc2Cl)cc1C.I. The number of aromatic nitrogens is 1. The normalized spacial score (nSPS) is 10.9. The second-order valence-electron chi connectivity index (χ2n) is 4.98. The lowest BCUT2D eigenvalue weighted by atomic mass is 10.1. The van der Waals surface area contributed by atoms with Crippen molar-refractivity contribution in [3.63, 3.8) is 0 Å². The molecule has 130 valence electrons. The first-order valence-electron chi connectivity index (χ1n) is 7.04. The summed E-state index contributed by atoms with van der Waals surface area (Å²) in [5.74, 6) is 0.652. The number of rotatable bonds is 5. The number of benzene rings is 1. The molecule has 0 aliphatic carbocycles. The lowest BCUT2D eigenvalue weighted by molar-refractivity contribution is 0.316. The van der Waals surface area contributed by atoms with Crippen molar-refractivity contribution in [2.45, 2.75) is 13.8 Å². The third kappa shape index (κ3) is 6.33. The number of aliphatic imine (C=N–C) groups is 1. The highest BCUT2D eigenvalue weighted by molar-refractivity contribution is 14.0. The highest BCUT2D eigenvalue weighted by atomic mass is 127. The Bertz CT molecular complexity index is 725. The Labute approximate surface area is 168 Å². The zero-order valence-corrected chi connectivity index (χ0v) is 17.2. The number of ether oxygens (including phenoxy) is 1. The van der Waals surface area contributed by atoms with Gasteiger partial charge in [0, 0.05) is 11.9 Å². The van der Waals surface area contributed by atoms with Crippen molar-refractivity contribution in [2.75, 3.05) is 18.5 Å². The van der Waals surface area contributed by atoms with E-state index in [0.717, 1.165) is 5.69 Å². The molecule has 0 aliphatic rings. The number of anilines is 1. The van der Waals surface area contributed by atoms with Crippen molar-refractivity contribution in [2.24, 2.45) is 10.7 Å². The van der Waals surface area contributed by atoms with Gasteiger partial charge >= 0.3 is 0 Å². The van der Waals surface area contributed by atoms with Crippen LogP contribution in [0.5, 0.6) is 5.88 Å². The molecule has 2 aromatic rings. The van der Waals surface area contributed by atoms with E-state index < -0.39 is 0 Å². The average molecular weight is 481 g/mol. The molecule has 0 bridgehead atoms. The van der Waals surface area contributed by atoms with Crippen LogP contribution in [0.4, 0.5) is 5.69 Å². The fourth-order valence-electron chi connectivity index (χ4n) is 1.82. The van der Waals surface area contributed by atoms with E-state index in [4.69, 9.17) is 33.7 Å². The molecule has 24 heavy (non-hydrogen) atoms. The maximum atomic E-state index is 5.96. The Morgan fingerprint density at radius 3 is 2.67 bits per heavy atom. The van der Waals surface area contributed by atoms with Crippen LogP contribution in [-0.4, -0.2) is 24.1 Å². The van der Waals surface area contributed by atoms with Crippen LogP contribution in [0.3, 0.4) is 0 Å². The molecule has 1 aromatic carbocycles. The third-order valence-corrected chi connectivity index (χ3v) is 3.64. The van der Waals surface area contributed by atoms with Crippen LogP contribution in [0.2, 0.25) is 10.0 Å². The molecule has 0 unspecified atom stereocenters. The fourth-order valence-corrected chi connectivity index (χ4v) is 2.26. The van der Waals surface area contributed by atoms with E-state index in [0.29, 0.717) is 35.0 Å². The van der Waals surface area contributed by atoms with Gasteiger partial charge < -0.3 is 15.8 Å². The predicted molar refractivity (Wildman–Crippen MR) is 111 cm³/mol. The zero-order chi connectivity index (χ0) is 16.8. The number of nitrogens with two attached hydrogens (primary N) is 1. The Morgan fingerprint density at radius 2 is 2.00 bits per heavy atom. The lowest BCUT2D eigenvalue weighted by Crippen LogP contribution is -2.23. The van der Waals surface area contributed by atoms with Crippen molar-refractivity contribution in [3.05, 3.63) is 51.6 Å². The van der Waals surface area contributed by atoms with E-state index in [1.165, 1.54) is 17.3 Å². The van der Waals surface area contributed by atoms with Crippen LogP contribution in [0.1, 0.15) is 11.1 Å². The van der Waals surface area contributed by atoms with Gasteiger partial charge in [-0.15, -0.1) is 24.0 Å². The molecular formula is C16H19Cl2IN4O. The van der Waals surface area contributed by atoms with Gasteiger partial charge in [0.05, 0.1) is 11.6 Å². The molecule has 0 aliphatic heterocycles. The van der Waals surface area contributed by atoms with E-state index in [9.17, 15) is 0 Å². The summed E-state index contributed by atoms with van der Waals surface area (Å²) in [6, 6.07) is 7.58. The quantitative estimate of drug-likeness (QED) is 0.287. The van der Waals surface area contributed by atoms with Crippen molar-refractivity contribution in [1.29, 1.82) is 0 Å². The second kappa shape index (κ2) is 9.90. The number of nitrogens with zero attached hydrogens (tertiary/aromatic N) is 2. The molecule has 0 spiro atoms. The monoisotopic (exact) mass is 480 g/mol. The maximum Gasteiger partial charge on any atom is 0.232 e. The van der Waals surface area contributed by atoms with Crippen molar-refractivity contribution in [3.8, 4) is 5.88 Å². The van der Waals surface area contributed by atoms with Gasteiger partial charge in [-0.05, 0) is 43.2 Å². The molecule has 1 aromatic heterocycles. The summed E-state index contributed by atoms with van der Waals surface area (Å²) >= 11 is 11.7. The van der Waals surface area contributed by atoms with Gasteiger partial charge in [0.25, 0.3) is 0 Å². The first-order chi connectivity index (χ1) is 11.0. The van der Waals surface area contributed by atoms with Crippen LogP contribution < -0.4 is 15.8 Å². The molecule has 0 fully saturated rings. The third-order valence-electron chi connectivity index (χ3n) is 3.17. The number of guanidine groups is 1. The number of nitrogens with one attached hydrogen (secondary N) is 1. The first kappa shape index (κ1) is 20.8. The van der Waals surface area contributed by atoms with Crippen molar-refractivity contribution >= 4 is 58.8 Å². The first-order valence-corrected chi connectivity index (χ1v) is 7.79. The Kier molecular flexibility index (Phi) is 8.58. The molecule has 0 saturated carbocycles. The molecule has 0 amide bonds. The van der Waals surface area contributed by atoms with Crippen LogP contribution in [-0.2, 0) is 0 Å². The number of aryl methyl sites for hydroxylation is 2. The van der Waals surface area contributed by atoms with E-state index in [1.54, 1.807) is 6.07 Å². The molecule has 5 nitrogen and oxygen atoms in total. The van der Waals surface area contributed by atoms with Gasteiger partial charge in [-0.25, -0.2) is 9.98 Å². The van der Waals surface area contributed by atoms with Crippen LogP contribution >= 0.6 is 47.2 Å². The summed E-state index contributed by atoms with van der Waals surface area (Å²) in [7, 11) is 0. The molecule has 2 rings (SSSR count). The van der Waals surface area contributed by atoms with E-state index in [2.05, 4.69) is 22.2 Å². The highest BCUT2D eigenvalue weighted by Crippen LogP contribution is 2.24. The predicted octanol–water partition coefficient (Wildman–Crippen LogP) is 4.43. The fraction of sp³-hybridized carbons (Fsp3) is 0.250. The van der Waals surface area contributed by atoms with E-state index in [-0.39, 0.29) is 24.0 Å². The minimum absolute atomic E-state index is 0. The van der Waals surface area contributed by atoms with Crippen LogP contribution in [0.25, 0.3) is 0 Å². The summed E-state index contributed by atoms with van der Waals surface area (Å²) in [5, 5.41) is 3.86. The average Bonchev–Trinajstić information content (AvgIpc) is 2.49. The van der Waals surface area contributed by atoms with Crippen molar-refractivity contribution < 1.29 is 4.74 Å². The molecular weight excluding hydrogens is 462 g/mol. The minimum atomic E-state index is 0. The molecule has 0 saturated heterocycles. The summed E-state index contributed by atoms with van der Waals surface area (Å²) in [4.78, 5) is 8.19. The summed E-state index contributed by atoms with van der Waals surface area (Å²) in [5.41, 5.74) is 9.17. The Balaban J connectivity index is 0.00000288. The van der Waals surface area contributed by atoms with E-state index in [1.807, 2.05) is 25.1 Å². The zero-order valence-electron chi connectivity index (χ0n) is 13.3. The Hall–Kier alpha value is -1.25. The second-order valence-corrected chi connectivity index (χ2v) is 5.82. The molecule has 1 heterocycles. The van der Waals surface area contributed by atoms with Crippen LogP contribution in [0, 0.1) is 13.8 Å². The number of halogens is 3. The molecule has 0 radical (unpaired) electrons. The van der Waals surface area contributed by atoms with Crippen LogP contribution in [0.15, 0.2) is 35.5 Å². The molecule has 0 atom stereocenters. The summed E-state index contributed by atoms with van der Waals surface area (Å²) in [6.07, 6.45) is 1.47. The summed E-state index contributed by atoms with van der Waals surface area (Å²) in [6.45, 7) is 4.79. The van der Waals surface area contributed by atoms with Crippen molar-refractivity contribution in [1.82, 2.24) is 4.98 Å². The smallest absolute Gasteiger partial charge is 0.232 e. The van der Waals surface area contributed by atoms with Gasteiger partial charge in [-0.1, -0.05) is 29.3 Å². The number of hydrogen-bond acceptors (Lipinski definition) is 3. The minimum Gasteiger partial charge on any atom is -0.475 e. The van der Waals surface area contributed by atoms with E-state index >= 15 is 0 Å². The molecule has 8 heteroatoms. The van der Waals surface area contributed by atoms with Gasteiger partial charge in [0.1, 0.15) is 11.6 Å².